The summed E-state index contributed by atoms with van der Waals surface area (Å²) in [5.41, 5.74) is 0. The van der Waals surface area contributed by atoms with Crippen molar-refractivity contribution in [2.75, 3.05) is 0 Å². The summed E-state index contributed by atoms with van der Waals surface area (Å²) < 4.78 is 1.80. The molecule has 2 rings (SSSR count). The van der Waals surface area contributed by atoms with Crippen molar-refractivity contribution in [3.63, 3.8) is 0 Å². The maximum Gasteiger partial charge on any atom is 0.236 e. The standard InChI is InChI=1S/C8H10N4/c1-6(2)7-10-5-12-4-3-9-8(12)11-7/h3-6H,1-2H3. The summed E-state index contributed by atoms with van der Waals surface area (Å²) in [7, 11) is 0. The molecule has 4 nitrogen and oxygen atoms in total. The van der Waals surface area contributed by atoms with Gasteiger partial charge in [-0.2, -0.15) is 4.98 Å². The molecule has 62 valence electrons. The summed E-state index contributed by atoms with van der Waals surface area (Å²) in [6.45, 7) is 4.13. The molecule has 0 spiro atoms. The van der Waals surface area contributed by atoms with Crippen LogP contribution in [-0.2, 0) is 0 Å². The summed E-state index contributed by atoms with van der Waals surface area (Å²) in [4.78, 5) is 12.5. The summed E-state index contributed by atoms with van der Waals surface area (Å²) in [6.07, 6.45) is 5.29. The van der Waals surface area contributed by atoms with E-state index in [9.17, 15) is 0 Å². The van der Waals surface area contributed by atoms with Gasteiger partial charge in [-0.25, -0.2) is 9.97 Å². The summed E-state index contributed by atoms with van der Waals surface area (Å²) in [6, 6.07) is 0. The van der Waals surface area contributed by atoms with Crippen molar-refractivity contribution < 1.29 is 0 Å². The van der Waals surface area contributed by atoms with E-state index in [1.165, 1.54) is 0 Å². The van der Waals surface area contributed by atoms with Crippen molar-refractivity contribution in [2.45, 2.75) is 19.8 Å². The molecule has 2 heterocycles. The van der Waals surface area contributed by atoms with Gasteiger partial charge in [-0.05, 0) is 0 Å². The maximum atomic E-state index is 4.28. The molecule has 0 aliphatic heterocycles. The molecule has 0 aliphatic carbocycles. The first-order valence-electron chi connectivity index (χ1n) is 3.93. The molecule has 0 aromatic carbocycles. The highest BCUT2D eigenvalue weighted by molar-refractivity contribution is 5.26. The normalized spacial score (nSPS) is 11.2. The van der Waals surface area contributed by atoms with Crippen LogP contribution in [0.2, 0.25) is 0 Å². The third-order valence-corrected chi connectivity index (χ3v) is 1.69. The number of nitrogens with zero attached hydrogens (tertiary/aromatic N) is 4. The van der Waals surface area contributed by atoms with Crippen LogP contribution in [0.15, 0.2) is 18.7 Å². The Hall–Kier alpha value is -1.45. The molecule has 0 saturated carbocycles. The number of rotatable bonds is 1. The van der Waals surface area contributed by atoms with E-state index >= 15 is 0 Å². The van der Waals surface area contributed by atoms with Gasteiger partial charge in [0.25, 0.3) is 0 Å². The van der Waals surface area contributed by atoms with Gasteiger partial charge in [0, 0.05) is 18.3 Å². The van der Waals surface area contributed by atoms with Crippen LogP contribution >= 0.6 is 0 Å². The molecule has 4 heteroatoms. The van der Waals surface area contributed by atoms with Gasteiger partial charge in [0.05, 0.1) is 0 Å². The highest BCUT2D eigenvalue weighted by atomic mass is 15.1. The molecule has 0 amide bonds. The first-order valence-corrected chi connectivity index (χ1v) is 3.93. The zero-order valence-electron chi connectivity index (χ0n) is 7.10. The monoisotopic (exact) mass is 162 g/mol. The lowest BCUT2D eigenvalue weighted by Gasteiger charge is -2.01. The van der Waals surface area contributed by atoms with Gasteiger partial charge in [0.15, 0.2) is 0 Å². The molecule has 0 aliphatic rings. The first kappa shape index (κ1) is 7.21. The lowest BCUT2D eigenvalue weighted by atomic mass is 10.2. The van der Waals surface area contributed by atoms with Gasteiger partial charge in [0.2, 0.25) is 5.78 Å². The van der Waals surface area contributed by atoms with E-state index in [1.807, 2.05) is 6.20 Å². The van der Waals surface area contributed by atoms with Crippen molar-refractivity contribution in [1.82, 2.24) is 19.4 Å². The minimum atomic E-state index is 0.353. The van der Waals surface area contributed by atoms with Crippen molar-refractivity contribution >= 4 is 5.78 Å². The zero-order valence-corrected chi connectivity index (χ0v) is 7.10. The van der Waals surface area contributed by atoms with E-state index in [4.69, 9.17) is 0 Å². The molecule has 0 fully saturated rings. The summed E-state index contributed by atoms with van der Waals surface area (Å²) >= 11 is 0. The summed E-state index contributed by atoms with van der Waals surface area (Å²) in [5, 5.41) is 0. The van der Waals surface area contributed by atoms with Gasteiger partial charge >= 0.3 is 0 Å². The second-order valence-corrected chi connectivity index (χ2v) is 3.00. The molecule has 0 saturated heterocycles. The smallest absolute Gasteiger partial charge is 0.236 e. The van der Waals surface area contributed by atoms with E-state index in [0.29, 0.717) is 11.7 Å². The second kappa shape index (κ2) is 2.55. The van der Waals surface area contributed by atoms with Gasteiger partial charge < -0.3 is 0 Å². The quantitative estimate of drug-likeness (QED) is 0.633. The van der Waals surface area contributed by atoms with E-state index in [0.717, 1.165) is 5.82 Å². The molecule has 0 N–H and O–H groups in total. The van der Waals surface area contributed by atoms with Crippen LogP contribution < -0.4 is 0 Å². The van der Waals surface area contributed by atoms with Crippen molar-refractivity contribution in [3.05, 3.63) is 24.5 Å². The number of hydrogen-bond acceptors (Lipinski definition) is 3. The Morgan fingerprint density at radius 3 is 2.92 bits per heavy atom. The molecule has 12 heavy (non-hydrogen) atoms. The Balaban J connectivity index is 2.60. The van der Waals surface area contributed by atoms with Crippen LogP contribution in [0.5, 0.6) is 0 Å². The van der Waals surface area contributed by atoms with E-state index < -0.39 is 0 Å². The van der Waals surface area contributed by atoms with Crippen LogP contribution in [0.25, 0.3) is 5.78 Å². The van der Waals surface area contributed by atoms with Gasteiger partial charge in [0.1, 0.15) is 12.2 Å². The third kappa shape index (κ3) is 1.05. The Morgan fingerprint density at radius 1 is 1.33 bits per heavy atom. The lowest BCUT2D eigenvalue weighted by molar-refractivity contribution is 0.761. The fourth-order valence-electron chi connectivity index (χ4n) is 1.01. The first-order chi connectivity index (χ1) is 5.77. The largest absolute Gasteiger partial charge is 0.274 e. The molecule has 2 aromatic heterocycles. The second-order valence-electron chi connectivity index (χ2n) is 3.00. The topological polar surface area (TPSA) is 43.1 Å². The van der Waals surface area contributed by atoms with E-state index in [1.54, 1.807) is 16.9 Å². The lowest BCUT2D eigenvalue weighted by Crippen LogP contribution is -2.00. The number of hydrogen-bond donors (Lipinski definition) is 0. The van der Waals surface area contributed by atoms with Crippen LogP contribution in [-0.4, -0.2) is 19.4 Å². The minimum absolute atomic E-state index is 0.353. The Bertz CT molecular complexity index is 391. The number of imidazole rings is 1. The summed E-state index contributed by atoms with van der Waals surface area (Å²) in [5.74, 6) is 1.91. The van der Waals surface area contributed by atoms with Crippen LogP contribution in [0.1, 0.15) is 25.6 Å². The molecule has 0 radical (unpaired) electrons. The van der Waals surface area contributed by atoms with E-state index in [-0.39, 0.29) is 0 Å². The van der Waals surface area contributed by atoms with Crippen LogP contribution in [0.4, 0.5) is 0 Å². The highest BCUT2D eigenvalue weighted by Gasteiger charge is 2.03. The van der Waals surface area contributed by atoms with Crippen molar-refractivity contribution in [2.24, 2.45) is 0 Å². The van der Waals surface area contributed by atoms with Gasteiger partial charge in [-0.1, -0.05) is 13.8 Å². The van der Waals surface area contributed by atoms with E-state index in [2.05, 4.69) is 28.8 Å². The fraction of sp³-hybridized carbons (Fsp3) is 0.375. The molecular formula is C8H10N4. The fourth-order valence-corrected chi connectivity index (χ4v) is 1.01. The Morgan fingerprint density at radius 2 is 2.17 bits per heavy atom. The maximum absolute atomic E-state index is 4.28. The number of aromatic nitrogens is 4. The third-order valence-electron chi connectivity index (χ3n) is 1.69. The Labute approximate surface area is 70.3 Å². The molecule has 0 unspecified atom stereocenters. The molecule has 0 atom stereocenters. The van der Waals surface area contributed by atoms with Crippen molar-refractivity contribution in [3.8, 4) is 0 Å². The predicted octanol–water partition coefficient (Wildman–Crippen LogP) is 1.25. The molecular weight excluding hydrogens is 152 g/mol. The van der Waals surface area contributed by atoms with Crippen LogP contribution in [0.3, 0.4) is 0 Å². The average molecular weight is 162 g/mol. The zero-order chi connectivity index (χ0) is 8.55. The van der Waals surface area contributed by atoms with Gasteiger partial charge in [-0.15, -0.1) is 0 Å². The minimum Gasteiger partial charge on any atom is -0.274 e. The van der Waals surface area contributed by atoms with Crippen LogP contribution in [0, 0.1) is 0 Å². The average Bonchev–Trinajstić information content (AvgIpc) is 2.49. The van der Waals surface area contributed by atoms with Gasteiger partial charge in [-0.3, -0.25) is 4.40 Å². The van der Waals surface area contributed by atoms with Crippen molar-refractivity contribution in [1.29, 1.82) is 0 Å². The SMILES string of the molecule is CC(C)c1ncn2ccnc2n1. The molecule has 2 aromatic rings. The number of fused-ring (bicyclic) bond motifs is 1. The Kier molecular flexibility index (Phi) is 1.53. The highest BCUT2D eigenvalue weighted by Crippen LogP contribution is 2.07. The predicted molar refractivity (Wildman–Crippen MR) is 44.9 cm³/mol. The molecule has 0 bridgehead atoms.